The molecule has 0 aliphatic heterocycles. The highest BCUT2D eigenvalue weighted by Gasteiger charge is 2.15. The summed E-state index contributed by atoms with van der Waals surface area (Å²) in [6.07, 6.45) is 6.68. The van der Waals surface area contributed by atoms with Gasteiger partial charge >= 0.3 is 0 Å². The Labute approximate surface area is 176 Å². The van der Waals surface area contributed by atoms with Crippen molar-refractivity contribution in [1.29, 1.82) is 0 Å². The Bertz CT molecular complexity index is 1030. The van der Waals surface area contributed by atoms with Gasteiger partial charge in [-0.05, 0) is 18.2 Å². The molecule has 2 aromatic rings. The van der Waals surface area contributed by atoms with Crippen molar-refractivity contribution in [3.63, 3.8) is 0 Å². The van der Waals surface area contributed by atoms with E-state index in [0.717, 1.165) is 5.41 Å². The van der Waals surface area contributed by atoms with Crippen molar-refractivity contribution in [2.24, 2.45) is 0 Å². The van der Waals surface area contributed by atoms with Crippen molar-refractivity contribution in [2.75, 3.05) is 40.3 Å². The molecule has 8 nitrogen and oxygen atoms in total. The Morgan fingerprint density at radius 1 is 1.03 bits per heavy atom. The second-order valence-corrected chi connectivity index (χ2v) is 7.85. The molecular formula is C21H24N2O6S. The standard InChI is InChI=1S/C21H24N2O6S/c1-6-10-22-21-18(27-3)8-7-15(23-21)14-30(24,25)11-9-17-19(28-4)12-16(26-2)13-20(17)29-5/h1,7-9,11-13H,10,14H2,2-5H3,(H,22,23). The number of rotatable bonds is 10. The van der Waals surface area contributed by atoms with Crippen LogP contribution in [0.2, 0.25) is 0 Å². The third-order valence-corrected chi connectivity index (χ3v) is 5.29. The lowest BCUT2D eigenvalue weighted by Gasteiger charge is -2.12. The summed E-state index contributed by atoms with van der Waals surface area (Å²) in [5, 5.41) is 4.01. The Morgan fingerprint density at radius 3 is 2.20 bits per heavy atom. The van der Waals surface area contributed by atoms with Gasteiger partial charge < -0.3 is 24.3 Å². The minimum Gasteiger partial charge on any atom is -0.496 e. The zero-order chi connectivity index (χ0) is 22.1. The number of benzene rings is 1. The molecule has 0 fully saturated rings. The second-order valence-electron chi connectivity index (χ2n) is 5.97. The van der Waals surface area contributed by atoms with E-state index in [1.54, 1.807) is 24.3 Å². The van der Waals surface area contributed by atoms with Crippen LogP contribution < -0.4 is 24.3 Å². The van der Waals surface area contributed by atoms with Crippen LogP contribution in [0.1, 0.15) is 11.3 Å². The quantitative estimate of drug-likeness (QED) is 0.573. The number of terminal acetylenes is 1. The minimum absolute atomic E-state index is 0.233. The Morgan fingerprint density at radius 2 is 1.67 bits per heavy atom. The smallest absolute Gasteiger partial charge is 0.177 e. The predicted molar refractivity (Wildman–Crippen MR) is 116 cm³/mol. The summed E-state index contributed by atoms with van der Waals surface area (Å²) in [5.41, 5.74) is 0.817. The van der Waals surface area contributed by atoms with Gasteiger partial charge in [-0.1, -0.05) is 5.92 Å². The van der Waals surface area contributed by atoms with Crippen molar-refractivity contribution in [1.82, 2.24) is 4.98 Å². The van der Waals surface area contributed by atoms with Crippen molar-refractivity contribution >= 4 is 21.7 Å². The molecule has 0 bridgehead atoms. The van der Waals surface area contributed by atoms with E-state index in [1.807, 2.05) is 0 Å². The van der Waals surface area contributed by atoms with Gasteiger partial charge in [0.05, 0.1) is 52.0 Å². The number of nitrogens with zero attached hydrogens (tertiary/aromatic N) is 1. The van der Waals surface area contributed by atoms with Crippen molar-refractivity contribution in [3.8, 4) is 35.3 Å². The van der Waals surface area contributed by atoms with E-state index in [0.29, 0.717) is 40.1 Å². The predicted octanol–water partition coefficient (Wildman–Crippen LogP) is 2.75. The van der Waals surface area contributed by atoms with Crippen LogP contribution in [0.15, 0.2) is 29.7 Å². The summed E-state index contributed by atoms with van der Waals surface area (Å²) >= 11 is 0. The summed E-state index contributed by atoms with van der Waals surface area (Å²) in [4.78, 5) is 4.30. The average Bonchev–Trinajstić information content (AvgIpc) is 2.75. The first-order valence-corrected chi connectivity index (χ1v) is 10.5. The van der Waals surface area contributed by atoms with E-state index < -0.39 is 9.84 Å². The summed E-state index contributed by atoms with van der Waals surface area (Å²) in [6.45, 7) is 0.233. The molecule has 0 aliphatic rings. The van der Waals surface area contributed by atoms with Gasteiger partial charge in [-0.15, -0.1) is 6.42 Å². The summed E-state index contributed by atoms with van der Waals surface area (Å²) in [6, 6.07) is 6.50. The number of pyridine rings is 1. The van der Waals surface area contributed by atoms with Crippen LogP contribution in [0.25, 0.3) is 6.08 Å². The molecule has 30 heavy (non-hydrogen) atoms. The van der Waals surface area contributed by atoms with Gasteiger partial charge in [-0.3, -0.25) is 0 Å². The first-order valence-electron chi connectivity index (χ1n) is 8.79. The maximum Gasteiger partial charge on any atom is 0.177 e. The molecule has 1 heterocycles. The van der Waals surface area contributed by atoms with Gasteiger partial charge in [0.15, 0.2) is 21.4 Å². The fourth-order valence-corrected chi connectivity index (χ4v) is 3.63. The van der Waals surface area contributed by atoms with E-state index in [1.165, 1.54) is 34.5 Å². The Kier molecular flexibility index (Phi) is 7.95. The minimum atomic E-state index is -3.65. The van der Waals surface area contributed by atoms with Gasteiger partial charge in [-0.2, -0.15) is 0 Å². The molecule has 160 valence electrons. The van der Waals surface area contributed by atoms with Crippen molar-refractivity contribution in [3.05, 3.63) is 40.9 Å². The van der Waals surface area contributed by atoms with Crippen molar-refractivity contribution in [2.45, 2.75) is 5.75 Å². The number of hydrogen-bond acceptors (Lipinski definition) is 8. The first kappa shape index (κ1) is 22.9. The van der Waals surface area contributed by atoms with Gasteiger partial charge in [0.25, 0.3) is 0 Å². The molecule has 0 saturated heterocycles. The molecule has 1 N–H and O–H groups in total. The van der Waals surface area contributed by atoms with Gasteiger partial charge in [0.2, 0.25) is 0 Å². The molecule has 9 heteroatoms. The molecule has 0 unspecified atom stereocenters. The number of sulfone groups is 1. The first-order chi connectivity index (χ1) is 14.4. The van der Waals surface area contributed by atoms with Crippen LogP contribution in [-0.2, 0) is 15.6 Å². The van der Waals surface area contributed by atoms with Gasteiger partial charge in [0, 0.05) is 17.5 Å². The van der Waals surface area contributed by atoms with E-state index in [9.17, 15) is 8.42 Å². The van der Waals surface area contributed by atoms with Crippen LogP contribution in [0, 0.1) is 12.3 Å². The molecule has 0 amide bonds. The molecule has 0 spiro atoms. The number of anilines is 1. The topological polar surface area (TPSA) is 96.0 Å². The number of nitrogens with one attached hydrogen (secondary N) is 1. The molecular weight excluding hydrogens is 408 g/mol. The zero-order valence-electron chi connectivity index (χ0n) is 17.3. The fourth-order valence-electron chi connectivity index (χ4n) is 2.62. The highest BCUT2D eigenvalue weighted by atomic mass is 32.2. The number of methoxy groups -OCH3 is 4. The highest BCUT2D eigenvalue weighted by Crippen LogP contribution is 2.35. The Balaban J connectivity index is 2.32. The van der Waals surface area contributed by atoms with E-state index >= 15 is 0 Å². The second kappa shape index (κ2) is 10.4. The summed E-state index contributed by atoms with van der Waals surface area (Å²) in [7, 11) is 2.32. The lowest BCUT2D eigenvalue weighted by Crippen LogP contribution is -2.07. The summed E-state index contributed by atoms with van der Waals surface area (Å²) in [5.74, 6) is 4.34. The largest absolute Gasteiger partial charge is 0.496 e. The average molecular weight is 432 g/mol. The molecule has 1 aromatic carbocycles. The van der Waals surface area contributed by atoms with Crippen LogP contribution in [0.3, 0.4) is 0 Å². The molecule has 0 atom stereocenters. The van der Waals surface area contributed by atoms with Crippen LogP contribution in [0.5, 0.6) is 23.0 Å². The van der Waals surface area contributed by atoms with Crippen LogP contribution >= 0.6 is 0 Å². The number of aromatic nitrogens is 1. The molecule has 2 rings (SSSR count). The molecule has 0 radical (unpaired) electrons. The number of hydrogen-bond donors (Lipinski definition) is 1. The van der Waals surface area contributed by atoms with Gasteiger partial charge in [0.1, 0.15) is 17.2 Å². The van der Waals surface area contributed by atoms with E-state index in [4.69, 9.17) is 25.4 Å². The maximum atomic E-state index is 12.7. The molecule has 0 aliphatic carbocycles. The zero-order valence-corrected chi connectivity index (χ0v) is 18.1. The third-order valence-electron chi connectivity index (χ3n) is 4.04. The molecule has 0 saturated carbocycles. The van der Waals surface area contributed by atoms with E-state index in [-0.39, 0.29) is 12.3 Å². The van der Waals surface area contributed by atoms with E-state index in [2.05, 4.69) is 16.2 Å². The summed E-state index contributed by atoms with van der Waals surface area (Å²) < 4.78 is 46.4. The highest BCUT2D eigenvalue weighted by molar-refractivity contribution is 7.93. The Hall–Kier alpha value is -3.38. The maximum absolute atomic E-state index is 12.7. The lowest BCUT2D eigenvalue weighted by molar-refractivity contribution is 0.374. The monoisotopic (exact) mass is 432 g/mol. The normalized spacial score (nSPS) is 11.0. The van der Waals surface area contributed by atoms with Crippen LogP contribution in [0.4, 0.5) is 5.82 Å². The lowest BCUT2D eigenvalue weighted by atomic mass is 10.1. The van der Waals surface area contributed by atoms with Gasteiger partial charge in [-0.25, -0.2) is 13.4 Å². The number of ether oxygens (including phenoxy) is 4. The third kappa shape index (κ3) is 5.81. The SMILES string of the molecule is C#CCNc1nc(CS(=O)(=O)C=Cc2c(OC)cc(OC)cc2OC)ccc1OC. The van der Waals surface area contributed by atoms with Crippen LogP contribution in [-0.4, -0.2) is 48.4 Å². The molecule has 1 aromatic heterocycles. The fraction of sp³-hybridized carbons (Fsp3) is 0.286. The van der Waals surface area contributed by atoms with Crippen molar-refractivity contribution < 1.29 is 27.4 Å².